The number of carbonyl (C=O) groups is 2. The minimum atomic E-state index is -0.757. The first-order valence-electron chi connectivity index (χ1n) is 5.54. The lowest BCUT2D eigenvalue weighted by molar-refractivity contribution is -0.138. The van der Waals surface area contributed by atoms with Crippen LogP contribution in [0.25, 0.3) is 0 Å². The lowest BCUT2D eigenvalue weighted by atomic mass is 10.1. The molecule has 0 aromatic carbocycles. The zero-order valence-corrected chi connectivity index (χ0v) is 10.7. The SMILES string of the molecule is C#CCNC(=O)C(C)SCC1(CC(=O)O)CC1. The van der Waals surface area contributed by atoms with Gasteiger partial charge in [0.15, 0.2) is 0 Å². The van der Waals surface area contributed by atoms with Gasteiger partial charge in [0.2, 0.25) is 5.91 Å². The molecular weight excluding hydrogens is 238 g/mol. The number of nitrogens with one attached hydrogen (secondary N) is 1. The summed E-state index contributed by atoms with van der Waals surface area (Å²) in [6, 6.07) is 0. The summed E-state index contributed by atoms with van der Waals surface area (Å²) in [5, 5.41) is 11.2. The van der Waals surface area contributed by atoms with Gasteiger partial charge >= 0.3 is 5.97 Å². The number of thioether (sulfide) groups is 1. The smallest absolute Gasteiger partial charge is 0.303 e. The lowest BCUT2D eigenvalue weighted by Gasteiger charge is -2.15. The fraction of sp³-hybridized carbons (Fsp3) is 0.667. The zero-order valence-electron chi connectivity index (χ0n) is 9.86. The zero-order chi connectivity index (χ0) is 12.9. The average Bonchev–Trinajstić information content (AvgIpc) is 3.02. The maximum Gasteiger partial charge on any atom is 0.303 e. The van der Waals surface area contributed by atoms with E-state index < -0.39 is 5.97 Å². The van der Waals surface area contributed by atoms with Crippen molar-refractivity contribution in [3.8, 4) is 12.3 Å². The Bertz CT molecular complexity index is 344. The van der Waals surface area contributed by atoms with Gasteiger partial charge in [-0.15, -0.1) is 18.2 Å². The van der Waals surface area contributed by atoms with Crippen molar-refractivity contribution < 1.29 is 14.7 Å². The van der Waals surface area contributed by atoms with Crippen LogP contribution in [0.4, 0.5) is 0 Å². The fourth-order valence-electron chi connectivity index (χ4n) is 1.53. The Morgan fingerprint density at radius 3 is 2.71 bits per heavy atom. The molecule has 1 aliphatic carbocycles. The molecule has 1 aliphatic rings. The number of rotatable bonds is 7. The van der Waals surface area contributed by atoms with E-state index in [-0.39, 0.29) is 29.5 Å². The molecule has 0 aliphatic heterocycles. The summed E-state index contributed by atoms with van der Waals surface area (Å²) in [7, 11) is 0. The molecule has 0 bridgehead atoms. The van der Waals surface area contributed by atoms with Crippen molar-refractivity contribution in [1.29, 1.82) is 0 Å². The van der Waals surface area contributed by atoms with Crippen molar-refractivity contribution in [2.45, 2.75) is 31.4 Å². The number of carbonyl (C=O) groups excluding carboxylic acids is 1. The Kier molecular flexibility index (Phi) is 4.88. The van der Waals surface area contributed by atoms with Crippen LogP contribution < -0.4 is 5.32 Å². The summed E-state index contributed by atoms with van der Waals surface area (Å²) in [6.45, 7) is 2.05. The molecule has 0 aromatic rings. The Morgan fingerprint density at radius 2 is 2.24 bits per heavy atom. The maximum absolute atomic E-state index is 11.5. The molecule has 1 fully saturated rings. The molecular formula is C12H17NO3S. The molecule has 1 atom stereocenters. The van der Waals surface area contributed by atoms with E-state index in [1.807, 2.05) is 6.92 Å². The quantitative estimate of drug-likeness (QED) is 0.669. The third-order valence-electron chi connectivity index (χ3n) is 2.86. The first-order valence-corrected chi connectivity index (χ1v) is 6.58. The second-order valence-corrected chi connectivity index (χ2v) is 5.77. The Hall–Kier alpha value is -1.15. The molecule has 4 nitrogen and oxygen atoms in total. The highest BCUT2D eigenvalue weighted by atomic mass is 32.2. The van der Waals surface area contributed by atoms with E-state index in [0.717, 1.165) is 18.6 Å². The predicted octanol–water partition coefficient (Wildman–Crippen LogP) is 1.11. The van der Waals surface area contributed by atoms with Gasteiger partial charge in [0.25, 0.3) is 0 Å². The molecule has 1 saturated carbocycles. The van der Waals surface area contributed by atoms with Gasteiger partial charge in [0.1, 0.15) is 0 Å². The van der Waals surface area contributed by atoms with Gasteiger partial charge in [0.05, 0.1) is 18.2 Å². The number of hydrogen-bond acceptors (Lipinski definition) is 3. The summed E-state index contributed by atoms with van der Waals surface area (Å²) < 4.78 is 0. The second-order valence-electron chi connectivity index (χ2n) is 4.45. The Morgan fingerprint density at radius 1 is 1.59 bits per heavy atom. The highest BCUT2D eigenvalue weighted by Crippen LogP contribution is 2.51. The molecule has 5 heteroatoms. The van der Waals surface area contributed by atoms with E-state index in [1.165, 1.54) is 11.8 Å². The highest BCUT2D eigenvalue weighted by Gasteiger charge is 2.44. The number of carboxylic acid groups (broad SMARTS) is 1. The van der Waals surface area contributed by atoms with Gasteiger partial charge < -0.3 is 10.4 Å². The number of terminal acetylenes is 1. The van der Waals surface area contributed by atoms with Gasteiger partial charge in [0, 0.05) is 5.75 Å². The molecule has 1 rings (SSSR count). The molecule has 2 N–H and O–H groups in total. The monoisotopic (exact) mass is 255 g/mol. The molecule has 17 heavy (non-hydrogen) atoms. The lowest BCUT2D eigenvalue weighted by Crippen LogP contribution is -2.31. The molecule has 94 valence electrons. The van der Waals surface area contributed by atoms with Gasteiger partial charge in [-0.2, -0.15) is 0 Å². The van der Waals surface area contributed by atoms with E-state index in [0.29, 0.717) is 0 Å². The van der Waals surface area contributed by atoms with Gasteiger partial charge in [-0.1, -0.05) is 5.92 Å². The van der Waals surface area contributed by atoms with E-state index in [4.69, 9.17) is 11.5 Å². The van der Waals surface area contributed by atoms with Crippen molar-refractivity contribution in [2.75, 3.05) is 12.3 Å². The van der Waals surface area contributed by atoms with Crippen molar-refractivity contribution in [1.82, 2.24) is 5.32 Å². The van der Waals surface area contributed by atoms with E-state index in [1.54, 1.807) is 0 Å². The molecule has 1 unspecified atom stereocenters. The van der Waals surface area contributed by atoms with E-state index in [2.05, 4.69) is 11.2 Å². The summed E-state index contributed by atoms with van der Waals surface area (Å²) in [5.41, 5.74) is -0.0723. The number of carboxylic acids is 1. The predicted molar refractivity (Wildman–Crippen MR) is 67.7 cm³/mol. The summed E-state index contributed by atoms with van der Waals surface area (Å²) in [6.07, 6.45) is 7.15. The number of amides is 1. The average molecular weight is 255 g/mol. The van der Waals surface area contributed by atoms with Crippen molar-refractivity contribution in [2.24, 2.45) is 5.41 Å². The molecule has 0 radical (unpaired) electrons. The third-order valence-corrected chi connectivity index (χ3v) is 4.35. The van der Waals surface area contributed by atoms with Crippen LogP contribution in [0, 0.1) is 17.8 Å². The molecule has 0 heterocycles. The van der Waals surface area contributed by atoms with Crippen LogP contribution in [0.1, 0.15) is 26.2 Å². The molecule has 0 saturated heterocycles. The van der Waals surface area contributed by atoms with Crippen LogP contribution in [0.3, 0.4) is 0 Å². The first-order chi connectivity index (χ1) is 7.99. The standard InChI is InChI=1S/C12H17NO3S/c1-3-6-13-11(16)9(2)17-8-12(4-5-12)7-10(14)15/h1,9H,4-8H2,2H3,(H,13,16)(H,14,15). The van der Waals surface area contributed by atoms with Gasteiger partial charge in [-0.05, 0) is 25.2 Å². The minimum absolute atomic E-state index is 0.0723. The van der Waals surface area contributed by atoms with Gasteiger partial charge in [-0.3, -0.25) is 9.59 Å². The topological polar surface area (TPSA) is 66.4 Å². The summed E-state index contributed by atoms with van der Waals surface area (Å²) in [5.74, 6) is 2.23. The number of aliphatic carboxylic acids is 1. The second kappa shape index (κ2) is 5.97. The summed E-state index contributed by atoms with van der Waals surface area (Å²) >= 11 is 1.50. The molecule has 0 spiro atoms. The summed E-state index contributed by atoms with van der Waals surface area (Å²) in [4.78, 5) is 22.2. The van der Waals surface area contributed by atoms with Crippen LogP contribution in [0.15, 0.2) is 0 Å². The van der Waals surface area contributed by atoms with Crippen molar-refractivity contribution in [3.05, 3.63) is 0 Å². The minimum Gasteiger partial charge on any atom is -0.481 e. The van der Waals surface area contributed by atoms with Crippen LogP contribution in [-0.2, 0) is 9.59 Å². The first kappa shape index (κ1) is 13.9. The van der Waals surface area contributed by atoms with Crippen LogP contribution in [0.5, 0.6) is 0 Å². The van der Waals surface area contributed by atoms with Crippen molar-refractivity contribution in [3.63, 3.8) is 0 Å². The van der Waals surface area contributed by atoms with Crippen LogP contribution in [-0.4, -0.2) is 34.5 Å². The maximum atomic E-state index is 11.5. The third kappa shape index (κ3) is 4.70. The Balaban J connectivity index is 2.28. The van der Waals surface area contributed by atoms with Crippen LogP contribution in [0.2, 0.25) is 0 Å². The molecule has 0 aromatic heterocycles. The Labute approximate surface area is 106 Å². The number of hydrogen-bond donors (Lipinski definition) is 2. The van der Waals surface area contributed by atoms with Crippen LogP contribution >= 0.6 is 11.8 Å². The van der Waals surface area contributed by atoms with Gasteiger partial charge in [-0.25, -0.2) is 0 Å². The molecule has 1 amide bonds. The largest absolute Gasteiger partial charge is 0.481 e. The van der Waals surface area contributed by atoms with E-state index in [9.17, 15) is 9.59 Å². The normalized spacial score (nSPS) is 17.9. The fourth-order valence-corrected chi connectivity index (χ4v) is 2.76. The highest BCUT2D eigenvalue weighted by molar-refractivity contribution is 8.00. The van der Waals surface area contributed by atoms with Crippen molar-refractivity contribution >= 4 is 23.6 Å². The van der Waals surface area contributed by atoms with E-state index >= 15 is 0 Å².